The van der Waals surface area contributed by atoms with Gasteiger partial charge in [-0.15, -0.1) is 0 Å². The van der Waals surface area contributed by atoms with Crippen LogP contribution >= 0.6 is 0 Å². The highest BCUT2D eigenvalue weighted by molar-refractivity contribution is 6.04. The summed E-state index contributed by atoms with van der Waals surface area (Å²) in [5, 5.41) is 5.49. The lowest BCUT2D eigenvalue weighted by atomic mass is 10.1. The monoisotopic (exact) mass is 502 g/mol. The molecule has 11 heteroatoms. The van der Waals surface area contributed by atoms with Crippen molar-refractivity contribution in [3.05, 3.63) is 83.7 Å². The summed E-state index contributed by atoms with van der Waals surface area (Å²) < 4.78 is 12.5. The van der Waals surface area contributed by atoms with Crippen molar-refractivity contribution in [2.24, 2.45) is 5.73 Å². The highest BCUT2D eigenvalue weighted by Crippen LogP contribution is 2.31. The van der Waals surface area contributed by atoms with E-state index in [0.29, 0.717) is 36.3 Å². The average Bonchev–Trinajstić information content (AvgIpc) is 3.27. The van der Waals surface area contributed by atoms with Gasteiger partial charge < -0.3 is 25.1 Å². The van der Waals surface area contributed by atoms with Crippen molar-refractivity contribution in [3.63, 3.8) is 0 Å². The number of fused-ring (bicyclic) bond motifs is 1. The molecule has 0 atom stereocenters. The molecular weight excluding hydrogens is 476 g/mol. The van der Waals surface area contributed by atoms with E-state index in [1.54, 1.807) is 22.8 Å². The Balaban J connectivity index is 1.50. The van der Waals surface area contributed by atoms with Crippen molar-refractivity contribution >= 4 is 34.9 Å². The van der Waals surface area contributed by atoms with Gasteiger partial charge in [0.05, 0.1) is 12.6 Å². The van der Waals surface area contributed by atoms with Gasteiger partial charge >= 0.3 is 6.09 Å². The number of amides is 3. The van der Waals surface area contributed by atoms with Gasteiger partial charge in [0.2, 0.25) is 11.9 Å². The first-order valence-electron chi connectivity index (χ1n) is 11.5. The Hall–Kier alpha value is -4.93. The van der Waals surface area contributed by atoms with E-state index in [-0.39, 0.29) is 23.8 Å². The molecule has 0 aliphatic rings. The van der Waals surface area contributed by atoms with Gasteiger partial charge in [0, 0.05) is 24.8 Å². The van der Waals surface area contributed by atoms with E-state index in [1.165, 1.54) is 25.4 Å². The number of anilines is 1. The van der Waals surface area contributed by atoms with Crippen molar-refractivity contribution in [2.45, 2.75) is 19.6 Å². The van der Waals surface area contributed by atoms with Crippen LogP contribution in [0.3, 0.4) is 0 Å². The van der Waals surface area contributed by atoms with Crippen molar-refractivity contribution in [1.29, 1.82) is 0 Å². The van der Waals surface area contributed by atoms with Gasteiger partial charge in [0.25, 0.3) is 5.91 Å². The third-order valence-electron chi connectivity index (χ3n) is 5.47. The van der Waals surface area contributed by atoms with Crippen molar-refractivity contribution in [3.8, 4) is 5.75 Å². The highest BCUT2D eigenvalue weighted by atomic mass is 16.5. The first-order valence-corrected chi connectivity index (χ1v) is 11.5. The molecule has 0 saturated heterocycles. The number of aryl methyl sites for hydroxylation is 1. The summed E-state index contributed by atoms with van der Waals surface area (Å²) in [4.78, 5) is 45.2. The van der Waals surface area contributed by atoms with Crippen molar-refractivity contribution in [2.75, 3.05) is 19.0 Å². The maximum Gasteiger partial charge on any atom is 0.407 e. The number of imidazole rings is 1. The normalized spacial score (nSPS) is 10.6. The molecule has 0 aliphatic carbocycles. The summed E-state index contributed by atoms with van der Waals surface area (Å²) >= 11 is 0. The van der Waals surface area contributed by atoms with Gasteiger partial charge in [-0.05, 0) is 36.2 Å². The summed E-state index contributed by atoms with van der Waals surface area (Å²) in [5.41, 5.74) is 7.77. The van der Waals surface area contributed by atoms with E-state index in [1.807, 2.05) is 30.3 Å². The first kappa shape index (κ1) is 25.2. The molecule has 2 aromatic heterocycles. The van der Waals surface area contributed by atoms with Gasteiger partial charge in [-0.1, -0.05) is 36.4 Å². The molecule has 3 amide bonds. The Morgan fingerprint density at radius 2 is 1.84 bits per heavy atom. The molecule has 4 rings (SSSR count). The Morgan fingerprint density at radius 3 is 2.54 bits per heavy atom. The number of hydrogen-bond acceptors (Lipinski definition) is 7. The van der Waals surface area contributed by atoms with Gasteiger partial charge in [-0.25, -0.2) is 9.78 Å². The first-order chi connectivity index (χ1) is 18.0. The van der Waals surface area contributed by atoms with Crippen LogP contribution in [0.25, 0.3) is 11.0 Å². The summed E-state index contributed by atoms with van der Waals surface area (Å²) in [5.74, 6) is -0.481. The molecule has 0 unspecified atom stereocenters. The third kappa shape index (κ3) is 6.20. The molecule has 2 aromatic carbocycles. The molecule has 11 nitrogen and oxygen atoms in total. The Morgan fingerprint density at radius 1 is 1.05 bits per heavy atom. The van der Waals surface area contributed by atoms with Crippen LogP contribution < -0.4 is 21.1 Å². The fraction of sp³-hybridized carbons (Fsp3) is 0.192. The number of rotatable bonds is 10. The molecule has 0 bridgehead atoms. The average molecular weight is 503 g/mol. The number of hydrogen-bond donors (Lipinski definition) is 3. The minimum absolute atomic E-state index is 0.169. The zero-order valence-corrected chi connectivity index (χ0v) is 20.1. The molecule has 0 aliphatic heterocycles. The minimum Gasteiger partial charge on any atom is -0.494 e. The number of nitrogens with one attached hydrogen (secondary N) is 2. The number of carbonyl (C=O) groups is 3. The van der Waals surface area contributed by atoms with Crippen molar-refractivity contribution < 1.29 is 23.9 Å². The largest absolute Gasteiger partial charge is 0.494 e. The van der Waals surface area contributed by atoms with Crippen LogP contribution in [0.1, 0.15) is 32.8 Å². The Labute approximate surface area is 212 Å². The summed E-state index contributed by atoms with van der Waals surface area (Å²) in [6.07, 6.45) is 1.47. The molecule has 37 heavy (non-hydrogen) atoms. The van der Waals surface area contributed by atoms with Crippen LogP contribution in [0, 0.1) is 0 Å². The predicted octanol–water partition coefficient (Wildman–Crippen LogP) is 3.11. The molecule has 2 heterocycles. The standard InChI is InChI=1S/C26H26N6O5/c1-36-21-15-18(23(27)33)14-20-22(21)32(25(30-20)31-24(34)19-10-5-6-11-28-19)13-7-12-29-26(35)37-16-17-8-3-2-4-9-17/h2-6,8-11,14-15H,7,12-13,16H2,1H3,(H2,27,33)(H,29,35)(H,30,31,34). The zero-order valence-electron chi connectivity index (χ0n) is 20.1. The zero-order chi connectivity index (χ0) is 26.2. The fourth-order valence-electron chi connectivity index (χ4n) is 3.71. The third-order valence-corrected chi connectivity index (χ3v) is 5.47. The second-order valence-corrected chi connectivity index (χ2v) is 8.01. The summed E-state index contributed by atoms with van der Waals surface area (Å²) in [6.45, 7) is 0.837. The minimum atomic E-state index is -0.632. The Bertz CT molecular complexity index is 1410. The van der Waals surface area contributed by atoms with Crippen LogP contribution in [0.5, 0.6) is 5.75 Å². The number of nitrogens with zero attached hydrogens (tertiary/aromatic N) is 3. The van der Waals surface area contributed by atoms with Gasteiger partial charge in [-0.3, -0.25) is 19.9 Å². The van der Waals surface area contributed by atoms with E-state index in [0.717, 1.165) is 5.56 Å². The molecule has 190 valence electrons. The van der Waals surface area contributed by atoms with E-state index in [4.69, 9.17) is 15.2 Å². The number of pyridine rings is 1. The number of ether oxygens (including phenoxy) is 2. The summed E-state index contributed by atoms with van der Waals surface area (Å²) in [7, 11) is 1.47. The molecular formula is C26H26N6O5. The lowest BCUT2D eigenvalue weighted by Crippen LogP contribution is -2.26. The lowest BCUT2D eigenvalue weighted by Gasteiger charge is -2.13. The van der Waals surface area contributed by atoms with Crippen LogP contribution in [0.4, 0.5) is 10.7 Å². The van der Waals surface area contributed by atoms with Gasteiger partial charge in [-0.2, -0.15) is 0 Å². The van der Waals surface area contributed by atoms with Gasteiger partial charge in [0.15, 0.2) is 0 Å². The highest BCUT2D eigenvalue weighted by Gasteiger charge is 2.20. The van der Waals surface area contributed by atoms with Crippen LogP contribution in [0.2, 0.25) is 0 Å². The molecule has 4 N–H and O–H groups in total. The number of carbonyl (C=O) groups excluding carboxylic acids is 3. The van der Waals surface area contributed by atoms with E-state index >= 15 is 0 Å². The second-order valence-electron chi connectivity index (χ2n) is 8.01. The SMILES string of the molecule is COc1cc(C(N)=O)cc2nc(NC(=O)c3ccccn3)n(CCCNC(=O)OCc3ccccc3)c12. The molecule has 0 fully saturated rings. The van der Waals surface area contributed by atoms with Gasteiger partial charge in [0.1, 0.15) is 23.6 Å². The molecule has 4 aromatic rings. The molecule has 0 spiro atoms. The second kappa shape index (κ2) is 11.7. The van der Waals surface area contributed by atoms with Crippen LogP contribution in [-0.2, 0) is 17.9 Å². The number of alkyl carbamates (subject to hydrolysis) is 1. The smallest absolute Gasteiger partial charge is 0.407 e. The molecule has 0 radical (unpaired) electrons. The van der Waals surface area contributed by atoms with Crippen LogP contribution in [-0.4, -0.2) is 46.1 Å². The van der Waals surface area contributed by atoms with Crippen LogP contribution in [0.15, 0.2) is 66.9 Å². The maximum atomic E-state index is 12.8. The fourth-order valence-corrected chi connectivity index (χ4v) is 3.71. The lowest BCUT2D eigenvalue weighted by molar-refractivity contribution is 0.0996. The van der Waals surface area contributed by atoms with Crippen molar-refractivity contribution in [1.82, 2.24) is 19.9 Å². The number of methoxy groups -OCH3 is 1. The number of benzene rings is 2. The number of nitrogens with two attached hydrogens (primary N) is 1. The Kier molecular flexibility index (Phi) is 7.94. The van der Waals surface area contributed by atoms with E-state index in [2.05, 4.69) is 20.6 Å². The van der Waals surface area contributed by atoms with E-state index < -0.39 is 17.9 Å². The topological polar surface area (TPSA) is 150 Å². The van der Waals surface area contributed by atoms with E-state index in [9.17, 15) is 14.4 Å². The predicted molar refractivity (Wildman–Crippen MR) is 136 cm³/mol. The molecule has 0 saturated carbocycles. The maximum absolute atomic E-state index is 12.8. The summed E-state index contributed by atoms with van der Waals surface area (Å²) in [6, 6.07) is 17.4. The number of primary amides is 1. The number of aromatic nitrogens is 3. The quantitative estimate of drug-likeness (QED) is 0.282.